The van der Waals surface area contributed by atoms with Crippen LogP contribution in [0.25, 0.3) is 5.69 Å². The molecular weight excluding hydrogens is 297 g/mol. The zero-order chi connectivity index (χ0) is 12.5. The van der Waals surface area contributed by atoms with Crippen LogP contribution in [0.3, 0.4) is 0 Å². The molecule has 2 aromatic rings. The Morgan fingerprint density at radius 3 is 3.06 bits per heavy atom. The molecule has 3 rings (SSSR count). The van der Waals surface area contributed by atoms with Crippen LogP contribution in [0.5, 0.6) is 0 Å². The molecule has 0 aliphatic carbocycles. The molecule has 0 amide bonds. The molecule has 94 valence electrons. The summed E-state index contributed by atoms with van der Waals surface area (Å²) in [6.45, 7) is 2.02. The third-order valence-electron chi connectivity index (χ3n) is 3.33. The van der Waals surface area contributed by atoms with Crippen molar-refractivity contribution in [1.29, 1.82) is 0 Å². The number of nitrogens with one attached hydrogen (secondary N) is 1. The molecule has 1 unspecified atom stereocenters. The lowest BCUT2D eigenvalue weighted by Gasteiger charge is -2.13. The van der Waals surface area contributed by atoms with Crippen LogP contribution in [0.1, 0.15) is 18.0 Å². The van der Waals surface area contributed by atoms with E-state index in [1.165, 1.54) is 11.8 Å². The normalized spacial score (nSPS) is 19.3. The highest BCUT2D eigenvalue weighted by Gasteiger charge is 2.20. The minimum atomic E-state index is -0.247. The molecule has 3 nitrogen and oxygen atoms in total. The van der Waals surface area contributed by atoms with E-state index in [9.17, 15) is 4.39 Å². The zero-order valence-corrected chi connectivity index (χ0v) is 11.3. The molecule has 0 saturated carbocycles. The molecule has 1 saturated heterocycles. The molecule has 0 spiro atoms. The summed E-state index contributed by atoms with van der Waals surface area (Å²) in [4.78, 5) is 4.22. The summed E-state index contributed by atoms with van der Waals surface area (Å²) in [5.74, 6) is 0.235. The highest BCUT2D eigenvalue weighted by atomic mass is 79.9. The fourth-order valence-electron chi connectivity index (χ4n) is 2.37. The van der Waals surface area contributed by atoms with E-state index >= 15 is 0 Å². The molecule has 1 aliphatic heterocycles. The van der Waals surface area contributed by atoms with Gasteiger partial charge in [-0.1, -0.05) is 0 Å². The molecule has 1 atom stereocenters. The van der Waals surface area contributed by atoms with Crippen LogP contribution >= 0.6 is 15.9 Å². The lowest BCUT2D eigenvalue weighted by molar-refractivity contribution is 0.620. The van der Waals surface area contributed by atoms with Crippen molar-refractivity contribution in [1.82, 2.24) is 14.9 Å². The van der Waals surface area contributed by atoms with Crippen LogP contribution in [0.4, 0.5) is 4.39 Å². The van der Waals surface area contributed by atoms with Gasteiger partial charge in [0, 0.05) is 30.0 Å². The molecule has 5 heteroatoms. The van der Waals surface area contributed by atoms with Crippen molar-refractivity contribution in [2.45, 2.75) is 12.3 Å². The van der Waals surface area contributed by atoms with E-state index in [-0.39, 0.29) is 5.82 Å². The SMILES string of the molecule is Fc1ccc(-n2cncc2C2CCNC2)cc1Br. The summed E-state index contributed by atoms with van der Waals surface area (Å²) in [7, 11) is 0. The van der Waals surface area contributed by atoms with E-state index in [1.54, 1.807) is 18.5 Å². The zero-order valence-electron chi connectivity index (χ0n) is 9.74. The van der Waals surface area contributed by atoms with Crippen molar-refractivity contribution in [3.8, 4) is 5.69 Å². The summed E-state index contributed by atoms with van der Waals surface area (Å²) in [6, 6.07) is 5.02. The highest BCUT2D eigenvalue weighted by Crippen LogP contribution is 2.26. The van der Waals surface area contributed by atoms with Gasteiger partial charge in [0.2, 0.25) is 0 Å². The summed E-state index contributed by atoms with van der Waals surface area (Å²) in [5, 5.41) is 3.35. The minimum Gasteiger partial charge on any atom is -0.316 e. The Balaban J connectivity index is 2.00. The van der Waals surface area contributed by atoms with Gasteiger partial charge in [-0.25, -0.2) is 9.37 Å². The quantitative estimate of drug-likeness (QED) is 0.924. The second kappa shape index (κ2) is 4.82. The van der Waals surface area contributed by atoms with Gasteiger partial charge < -0.3 is 9.88 Å². The first-order valence-corrected chi connectivity index (χ1v) is 6.73. The smallest absolute Gasteiger partial charge is 0.137 e. The third-order valence-corrected chi connectivity index (χ3v) is 3.93. The largest absolute Gasteiger partial charge is 0.316 e. The lowest BCUT2D eigenvalue weighted by atomic mass is 10.1. The molecule has 0 radical (unpaired) electrons. The van der Waals surface area contributed by atoms with Crippen molar-refractivity contribution < 1.29 is 4.39 Å². The maximum Gasteiger partial charge on any atom is 0.137 e. The number of hydrogen-bond acceptors (Lipinski definition) is 2. The van der Waals surface area contributed by atoms with E-state index in [1.807, 2.05) is 10.8 Å². The first-order valence-electron chi connectivity index (χ1n) is 5.94. The standard InChI is InChI=1S/C13H13BrFN3/c14-11-5-10(1-2-12(11)15)18-8-17-7-13(18)9-3-4-16-6-9/h1-2,5,7-9,16H,3-4,6H2. The van der Waals surface area contributed by atoms with Gasteiger partial charge in [0.25, 0.3) is 0 Å². The summed E-state index contributed by atoms with van der Waals surface area (Å²) in [6.07, 6.45) is 4.80. The first-order chi connectivity index (χ1) is 8.75. The van der Waals surface area contributed by atoms with Crippen LogP contribution in [0, 0.1) is 5.82 Å². The third kappa shape index (κ3) is 2.08. The van der Waals surface area contributed by atoms with Crippen LogP contribution in [-0.4, -0.2) is 22.6 Å². The Kier molecular flexibility index (Phi) is 3.18. The van der Waals surface area contributed by atoms with E-state index in [0.717, 1.165) is 25.2 Å². The Morgan fingerprint density at radius 1 is 1.44 bits per heavy atom. The van der Waals surface area contributed by atoms with Gasteiger partial charge in [0.1, 0.15) is 5.82 Å². The number of hydrogen-bond donors (Lipinski definition) is 1. The van der Waals surface area contributed by atoms with Gasteiger partial charge in [-0.3, -0.25) is 0 Å². The minimum absolute atomic E-state index is 0.247. The van der Waals surface area contributed by atoms with Gasteiger partial charge in [-0.15, -0.1) is 0 Å². The predicted octanol–water partition coefficient (Wildman–Crippen LogP) is 2.85. The predicted molar refractivity (Wildman–Crippen MR) is 71.4 cm³/mol. The number of benzene rings is 1. The number of rotatable bonds is 2. The van der Waals surface area contributed by atoms with Crippen LogP contribution in [0.2, 0.25) is 0 Å². The molecule has 2 heterocycles. The average molecular weight is 310 g/mol. The molecule has 1 aliphatic rings. The molecule has 1 aromatic heterocycles. The van der Waals surface area contributed by atoms with Crippen LogP contribution in [0.15, 0.2) is 35.2 Å². The van der Waals surface area contributed by atoms with E-state index < -0.39 is 0 Å². The summed E-state index contributed by atoms with van der Waals surface area (Å²) < 4.78 is 15.8. The van der Waals surface area contributed by atoms with Gasteiger partial charge in [0.05, 0.1) is 10.8 Å². The van der Waals surface area contributed by atoms with Crippen molar-refractivity contribution >= 4 is 15.9 Å². The van der Waals surface area contributed by atoms with Crippen molar-refractivity contribution in [3.63, 3.8) is 0 Å². The maximum atomic E-state index is 13.3. The Bertz CT molecular complexity index is 561. The summed E-state index contributed by atoms with van der Waals surface area (Å²) in [5.41, 5.74) is 2.11. The Labute approximate surface area is 113 Å². The fraction of sp³-hybridized carbons (Fsp3) is 0.308. The number of imidazole rings is 1. The maximum absolute atomic E-state index is 13.3. The van der Waals surface area contributed by atoms with E-state index in [2.05, 4.69) is 26.2 Å². The number of aromatic nitrogens is 2. The molecule has 1 N–H and O–H groups in total. The van der Waals surface area contributed by atoms with Gasteiger partial charge in [-0.05, 0) is 47.1 Å². The van der Waals surface area contributed by atoms with Crippen LogP contribution < -0.4 is 5.32 Å². The topological polar surface area (TPSA) is 29.9 Å². The highest BCUT2D eigenvalue weighted by molar-refractivity contribution is 9.10. The molecule has 1 fully saturated rings. The summed E-state index contributed by atoms with van der Waals surface area (Å²) >= 11 is 3.22. The van der Waals surface area contributed by atoms with Crippen LogP contribution in [-0.2, 0) is 0 Å². The van der Waals surface area contributed by atoms with Crippen molar-refractivity contribution in [3.05, 3.63) is 46.7 Å². The Hall–Kier alpha value is -1.20. The number of nitrogens with zero attached hydrogens (tertiary/aromatic N) is 2. The Morgan fingerprint density at radius 2 is 2.33 bits per heavy atom. The van der Waals surface area contributed by atoms with E-state index in [4.69, 9.17) is 0 Å². The lowest BCUT2D eigenvalue weighted by Crippen LogP contribution is -2.10. The average Bonchev–Trinajstić information content (AvgIpc) is 3.00. The van der Waals surface area contributed by atoms with Gasteiger partial charge in [0.15, 0.2) is 0 Å². The number of halogens is 2. The van der Waals surface area contributed by atoms with E-state index in [0.29, 0.717) is 10.4 Å². The second-order valence-corrected chi connectivity index (χ2v) is 5.33. The first kappa shape index (κ1) is 11.9. The van der Waals surface area contributed by atoms with Crippen molar-refractivity contribution in [2.24, 2.45) is 0 Å². The van der Waals surface area contributed by atoms with Gasteiger partial charge >= 0.3 is 0 Å². The molecule has 0 bridgehead atoms. The molecule has 18 heavy (non-hydrogen) atoms. The second-order valence-electron chi connectivity index (χ2n) is 4.48. The molecule has 1 aromatic carbocycles. The van der Waals surface area contributed by atoms with Gasteiger partial charge in [-0.2, -0.15) is 0 Å². The fourth-order valence-corrected chi connectivity index (χ4v) is 2.73. The monoisotopic (exact) mass is 309 g/mol. The molecular formula is C13H13BrFN3. The van der Waals surface area contributed by atoms with Crippen molar-refractivity contribution in [2.75, 3.05) is 13.1 Å².